The Morgan fingerprint density at radius 3 is 2.48 bits per heavy atom. The van der Waals surface area contributed by atoms with Crippen LogP contribution in [0.1, 0.15) is 18.1 Å². The van der Waals surface area contributed by atoms with Crippen molar-refractivity contribution in [2.75, 3.05) is 11.1 Å². The summed E-state index contributed by atoms with van der Waals surface area (Å²) in [6.45, 7) is 3.83. The lowest BCUT2D eigenvalue weighted by Crippen LogP contribution is -2.31. The molecule has 0 aromatic heterocycles. The number of hydrogen-bond acceptors (Lipinski definition) is 3. The molecule has 2 rings (SSSR count). The van der Waals surface area contributed by atoms with Gasteiger partial charge >= 0.3 is 0 Å². The van der Waals surface area contributed by atoms with Gasteiger partial charge in [0.15, 0.2) is 0 Å². The summed E-state index contributed by atoms with van der Waals surface area (Å²) in [6, 6.07) is 13.8. The zero-order valence-electron chi connectivity index (χ0n) is 14.2. The maximum atomic E-state index is 13.5. The fourth-order valence-electron chi connectivity index (χ4n) is 2.08. The Bertz CT molecular complexity index is 734. The number of thioether (sulfide) groups is 1. The number of anilines is 1. The van der Waals surface area contributed by atoms with E-state index in [9.17, 15) is 14.0 Å². The molecule has 25 heavy (non-hydrogen) atoms. The third-order valence-electron chi connectivity index (χ3n) is 3.58. The number of amides is 2. The molecule has 2 amide bonds. The van der Waals surface area contributed by atoms with Crippen LogP contribution in [-0.4, -0.2) is 22.8 Å². The second-order valence-corrected chi connectivity index (χ2v) is 7.01. The molecular formula is C19H21FN2O2S. The molecule has 0 radical (unpaired) electrons. The maximum absolute atomic E-state index is 13.5. The molecule has 0 spiro atoms. The average molecular weight is 360 g/mol. The van der Waals surface area contributed by atoms with E-state index in [1.807, 2.05) is 31.2 Å². The van der Waals surface area contributed by atoms with Crippen LogP contribution in [0.2, 0.25) is 0 Å². The van der Waals surface area contributed by atoms with Crippen molar-refractivity contribution in [2.24, 2.45) is 0 Å². The molecule has 0 aliphatic rings. The summed E-state index contributed by atoms with van der Waals surface area (Å²) < 4.78 is 13.5. The number of benzene rings is 2. The Kier molecular flexibility index (Phi) is 7.01. The highest BCUT2D eigenvalue weighted by molar-refractivity contribution is 8.01. The lowest BCUT2D eigenvalue weighted by atomic mass is 10.2. The van der Waals surface area contributed by atoms with Gasteiger partial charge in [0.05, 0.1) is 11.0 Å². The molecule has 2 N–H and O–H groups in total. The Balaban J connectivity index is 1.74. The van der Waals surface area contributed by atoms with E-state index in [0.717, 1.165) is 11.3 Å². The van der Waals surface area contributed by atoms with Crippen molar-refractivity contribution in [2.45, 2.75) is 25.6 Å². The summed E-state index contributed by atoms with van der Waals surface area (Å²) in [5.41, 5.74) is 2.28. The van der Waals surface area contributed by atoms with Gasteiger partial charge in [-0.3, -0.25) is 9.59 Å². The quantitative estimate of drug-likeness (QED) is 0.794. The lowest BCUT2D eigenvalue weighted by Gasteiger charge is -2.12. The molecule has 1 atom stereocenters. The normalized spacial score (nSPS) is 11.6. The third-order valence-corrected chi connectivity index (χ3v) is 4.72. The second-order valence-electron chi connectivity index (χ2n) is 5.68. The van der Waals surface area contributed by atoms with E-state index in [1.54, 1.807) is 25.1 Å². The molecule has 0 bridgehead atoms. The third kappa shape index (κ3) is 6.23. The Morgan fingerprint density at radius 1 is 1.12 bits per heavy atom. The van der Waals surface area contributed by atoms with Gasteiger partial charge in [0.1, 0.15) is 5.82 Å². The largest absolute Gasteiger partial charge is 0.351 e. The van der Waals surface area contributed by atoms with E-state index in [1.165, 1.54) is 17.8 Å². The van der Waals surface area contributed by atoms with Crippen molar-refractivity contribution >= 4 is 29.3 Å². The maximum Gasteiger partial charge on any atom is 0.234 e. The van der Waals surface area contributed by atoms with Gasteiger partial charge in [-0.2, -0.15) is 0 Å². The average Bonchev–Trinajstić information content (AvgIpc) is 2.60. The van der Waals surface area contributed by atoms with Gasteiger partial charge in [-0.15, -0.1) is 11.8 Å². The van der Waals surface area contributed by atoms with E-state index >= 15 is 0 Å². The summed E-state index contributed by atoms with van der Waals surface area (Å²) in [4.78, 5) is 24.0. The van der Waals surface area contributed by atoms with Crippen LogP contribution in [0.3, 0.4) is 0 Å². The van der Waals surface area contributed by atoms with Crippen molar-refractivity contribution in [3.05, 3.63) is 65.5 Å². The lowest BCUT2D eigenvalue weighted by molar-refractivity contribution is -0.120. The van der Waals surface area contributed by atoms with Crippen molar-refractivity contribution in [1.82, 2.24) is 5.32 Å². The molecule has 0 saturated heterocycles. The number of halogens is 1. The van der Waals surface area contributed by atoms with Crippen LogP contribution in [-0.2, 0) is 16.1 Å². The molecule has 2 aromatic rings. The van der Waals surface area contributed by atoms with Crippen LogP contribution >= 0.6 is 11.8 Å². The minimum atomic E-state index is -0.407. The molecule has 1 unspecified atom stereocenters. The second kappa shape index (κ2) is 9.22. The fraction of sp³-hybridized carbons (Fsp3) is 0.263. The summed E-state index contributed by atoms with van der Waals surface area (Å²) >= 11 is 1.24. The number of nitrogens with one attached hydrogen (secondary N) is 2. The monoisotopic (exact) mass is 360 g/mol. The number of carbonyl (C=O) groups is 2. The summed E-state index contributed by atoms with van der Waals surface area (Å²) in [5.74, 6) is -0.568. The van der Waals surface area contributed by atoms with Crippen molar-refractivity contribution in [1.29, 1.82) is 0 Å². The molecule has 0 aliphatic heterocycles. The van der Waals surface area contributed by atoms with Crippen LogP contribution in [0.4, 0.5) is 10.1 Å². The van der Waals surface area contributed by atoms with E-state index in [0.29, 0.717) is 5.56 Å². The van der Waals surface area contributed by atoms with Crippen LogP contribution in [0.5, 0.6) is 0 Å². The predicted molar refractivity (Wildman–Crippen MR) is 100.0 cm³/mol. The Morgan fingerprint density at radius 2 is 1.80 bits per heavy atom. The first-order chi connectivity index (χ1) is 12.0. The first-order valence-corrected chi connectivity index (χ1v) is 9.00. The van der Waals surface area contributed by atoms with E-state index in [-0.39, 0.29) is 29.9 Å². The SMILES string of the molecule is Cc1ccc(NC(=O)CSC(C)C(=O)NCc2ccccc2F)cc1. The summed E-state index contributed by atoms with van der Waals surface area (Å²) in [6.07, 6.45) is 0. The molecule has 2 aromatic carbocycles. The fourth-order valence-corrected chi connectivity index (χ4v) is 2.79. The van der Waals surface area contributed by atoms with Gasteiger partial charge in [0, 0.05) is 17.8 Å². The first-order valence-electron chi connectivity index (χ1n) is 7.95. The number of hydrogen-bond donors (Lipinski definition) is 2. The number of aryl methyl sites for hydroxylation is 1. The molecule has 132 valence electrons. The minimum Gasteiger partial charge on any atom is -0.351 e. The van der Waals surface area contributed by atoms with Gasteiger partial charge < -0.3 is 10.6 Å². The Hall–Kier alpha value is -2.34. The van der Waals surface area contributed by atoms with Gasteiger partial charge in [0.25, 0.3) is 0 Å². The Labute approximate surface area is 151 Å². The molecular weight excluding hydrogens is 339 g/mol. The van der Waals surface area contributed by atoms with Gasteiger partial charge in [-0.1, -0.05) is 35.9 Å². The van der Waals surface area contributed by atoms with Crippen molar-refractivity contribution in [3.8, 4) is 0 Å². The molecule has 0 fully saturated rings. The highest BCUT2D eigenvalue weighted by Crippen LogP contribution is 2.14. The topological polar surface area (TPSA) is 58.2 Å². The standard InChI is InChI=1S/C19H21FN2O2S/c1-13-7-9-16(10-8-13)22-18(23)12-25-14(2)19(24)21-11-15-5-3-4-6-17(15)20/h3-10,14H,11-12H2,1-2H3,(H,21,24)(H,22,23). The number of carbonyl (C=O) groups excluding carboxylic acids is 2. The smallest absolute Gasteiger partial charge is 0.234 e. The predicted octanol–water partition coefficient (Wildman–Crippen LogP) is 3.51. The zero-order chi connectivity index (χ0) is 18.2. The van der Waals surface area contributed by atoms with Crippen LogP contribution in [0.15, 0.2) is 48.5 Å². The number of rotatable bonds is 7. The van der Waals surface area contributed by atoms with Gasteiger partial charge in [0.2, 0.25) is 11.8 Å². The van der Waals surface area contributed by atoms with Crippen LogP contribution in [0.25, 0.3) is 0 Å². The van der Waals surface area contributed by atoms with Crippen LogP contribution < -0.4 is 10.6 Å². The van der Waals surface area contributed by atoms with Gasteiger partial charge in [-0.25, -0.2) is 4.39 Å². The molecule has 0 heterocycles. The molecule has 4 nitrogen and oxygen atoms in total. The minimum absolute atomic E-state index is 0.131. The zero-order valence-corrected chi connectivity index (χ0v) is 15.0. The van der Waals surface area contributed by atoms with Crippen molar-refractivity contribution in [3.63, 3.8) is 0 Å². The first kappa shape index (κ1) is 19.0. The van der Waals surface area contributed by atoms with E-state index in [2.05, 4.69) is 10.6 Å². The van der Waals surface area contributed by atoms with E-state index < -0.39 is 5.25 Å². The summed E-state index contributed by atoms with van der Waals surface area (Å²) in [5, 5.41) is 5.07. The van der Waals surface area contributed by atoms with E-state index in [4.69, 9.17) is 0 Å². The van der Waals surface area contributed by atoms with Crippen LogP contribution in [0, 0.1) is 12.7 Å². The molecule has 0 saturated carbocycles. The highest BCUT2D eigenvalue weighted by Gasteiger charge is 2.15. The summed E-state index contributed by atoms with van der Waals surface area (Å²) in [7, 11) is 0. The highest BCUT2D eigenvalue weighted by atomic mass is 32.2. The molecule has 6 heteroatoms. The molecule has 0 aliphatic carbocycles. The van der Waals surface area contributed by atoms with Gasteiger partial charge in [-0.05, 0) is 32.0 Å². The van der Waals surface area contributed by atoms with Crippen molar-refractivity contribution < 1.29 is 14.0 Å².